The van der Waals surface area contributed by atoms with E-state index in [1.165, 1.54) is 16.9 Å². The summed E-state index contributed by atoms with van der Waals surface area (Å²) in [6.45, 7) is 4.59. The Balaban J connectivity index is 0.00000306. The van der Waals surface area contributed by atoms with Crippen LogP contribution in [0.25, 0.3) is 15.7 Å². The van der Waals surface area contributed by atoms with Crippen molar-refractivity contribution in [2.75, 3.05) is 0 Å². The molecule has 0 amide bonds. The van der Waals surface area contributed by atoms with E-state index in [2.05, 4.69) is 15.5 Å². The molecule has 1 aliphatic rings. The van der Waals surface area contributed by atoms with Crippen LogP contribution < -0.4 is 10.1 Å². The van der Waals surface area contributed by atoms with Crippen LogP contribution in [-0.2, 0) is 17.8 Å². The van der Waals surface area contributed by atoms with Gasteiger partial charge < -0.3 is 15.2 Å². The zero-order valence-electron chi connectivity index (χ0n) is 18.0. The molecule has 172 valence electrons. The number of benzene rings is 1. The molecule has 0 saturated carbocycles. The first kappa shape index (κ1) is 25.7. The molecule has 1 atom stereocenters. The van der Waals surface area contributed by atoms with Crippen LogP contribution in [0.4, 0.5) is 0 Å². The van der Waals surface area contributed by atoms with E-state index in [4.69, 9.17) is 26.5 Å². The molecule has 2 aromatic heterocycles. The molecule has 0 spiro atoms. The summed E-state index contributed by atoms with van der Waals surface area (Å²) in [6.07, 6.45) is 5.70. The van der Waals surface area contributed by atoms with Gasteiger partial charge in [-0.1, -0.05) is 22.9 Å². The second-order valence-electron chi connectivity index (χ2n) is 8.15. The van der Waals surface area contributed by atoms with E-state index < -0.39 is 5.97 Å². The molecule has 0 saturated heterocycles. The Morgan fingerprint density at radius 1 is 1.39 bits per heavy atom. The maximum absolute atomic E-state index is 10.7. The number of rotatable bonds is 8. The first-order valence-corrected chi connectivity index (χ1v) is 11.9. The number of ether oxygens (including phenoxy) is 1. The minimum atomic E-state index is -0.739. The third-order valence-electron chi connectivity index (χ3n) is 5.29. The monoisotopic (exact) mass is 483 g/mol. The van der Waals surface area contributed by atoms with E-state index in [0.717, 1.165) is 35.5 Å². The molecule has 0 bridgehead atoms. The summed E-state index contributed by atoms with van der Waals surface area (Å²) in [5.74, 6) is -0.0866. The summed E-state index contributed by atoms with van der Waals surface area (Å²) in [5, 5.41) is 27.7. The Bertz CT molecular complexity index is 1080. The molecule has 4 rings (SSSR count). The van der Waals surface area contributed by atoms with Crippen molar-refractivity contribution in [1.29, 1.82) is 0 Å². The predicted molar refractivity (Wildman–Crippen MR) is 131 cm³/mol. The summed E-state index contributed by atoms with van der Waals surface area (Å²) in [6, 6.07) is 5.95. The van der Waals surface area contributed by atoms with Crippen molar-refractivity contribution in [1.82, 2.24) is 25.3 Å². The topological polar surface area (TPSA) is 102 Å². The molecule has 0 radical (unpaired) electrons. The van der Waals surface area contributed by atoms with E-state index in [9.17, 15) is 4.79 Å². The van der Waals surface area contributed by atoms with Crippen molar-refractivity contribution in [2.24, 2.45) is 0 Å². The van der Waals surface area contributed by atoms with E-state index in [-0.39, 0.29) is 31.4 Å². The second-order valence-corrected chi connectivity index (χ2v) is 9.51. The van der Waals surface area contributed by atoms with Gasteiger partial charge in [-0.3, -0.25) is 4.79 Å². The number of nitrogens with one attached hydrogen (secondary N) is 1. The Morgan fingerprint density at radius 3 is 2.94 bits per heavy atom. The SMILES string of the molecule is CC(C)Oc1ccc(-c2nnc(-n3cc4c(n3)CNC(CCCC(=O)O)CC4)s2)cc1Cl.[LiH]. The molecule has 1 aromatic carbocycles. The van der Waals surface area contributed by atoms with Gasteiger partial charge in [0.15, 0.2) is 0 Å². The van der Waals surface area contributed by atoms with E-state index >= 15 is 0 Å². The number of aromatic nitrogens is 4. The normalized spacial score (nSPS) is 15.6. The summed E-state index contributed by atoms with van der Waals surface area (Å²) in [4.78, 5) is 10.7. The molecule has 0 aliphatic carbocycles. The zero-order valence-corrected chi connectivity index (χ0v) is 19.6. The van der Waals surface area contributed by atoms with Gasteiger partial charge >= 0.3 is 24.8 Å². The maximum atomic E-state index is 10.7. The van der Waals surface area contributed by atoms with Crippen molar-refractivity contribution in [3.05, 3.63) is 40.7 Å². The first-order chi connectivity index (χ1) is 15.4. The van der Waals surface area contributed by atoms with Crippen molar-refractivity contribution in [2.45, 2.75) is 64.6 Å². The average molecular weight is 484 g/mol. The molecule has 11 heteroatoms. The number of halogens is 1. The molecule has 3 aromatic rings. The van der Waals surface area contributed by atoms with Gasteiger partial charge in [-0.05, 0) is 63.3 Å². The van der Waals surface area contributed by atoms with Gasteiger partial charge in [0.25, 0.3) is 0 Å². The number of hydrogen-bond donors (Lipinski definition) is 2. The Morgan fingerprint density at radius 2 is 2.21 bits per heavy atom. The Labute approximate surface area is 213 Å². The van der Waals surface area contributed by atoms with Crippen LogP contribution >= 0.6 is 22.9 Å². The number of carboxylic acids is 1. The second kappa shape index (κ2) is 11.5. The van der Waals surface area contributed by atoms with Crippen LogP contribution in [0.15, 0.2) is 24.4 Å². The fraction of sp³-hybridized carbons (Fsp3) is 0.455. The van der Waals surface area contributed by atoms with Gasteiger partial charge in [0.2, 0.25) is 5.13 Å². The summed E-state index contributed by atoms with van der Waals surface area (Å²) in [5.41, 5.74) is 3.07. The minimum absolute atomic E-state index is 0. The predicted octanol–water partition coefficient (Wildman–Crippen LogP) is 3.84. The van der Waals surface area contributed by atoms with Gasteiger partial charge in [-0.25, -0.2) is 4.68 Å². The number of hydrogen-bond acceptors (Lipinski definition) is 7. The van der Waals surface area contributed by atoms with Crippen LogP contribution in [0.5, 0.6) is 5.75 Å². The molecule has 8 nitrogen and oxygen atoms in total. The van der Waals surface area contributed by atoms with Gasteiger partial charge in [-0.15, -0.1) is 10.2 Å². The van der Waals surface area contributed by atoms with Crippen LogP contribution in [0.1, 0.15) is 50.8 Å². The van der Waals surface area contributed by atoms with E-state index in [0.29, 0.717) is 34.9 Å². The van der Waals surface area contributed by atoms with Gasteiger partial charge in [0.05, 0.1) is 16.8 Å². The number of carboxylic acid groups (broad SMARTS) is 1. The number of aryl methyl sites for hydroxylation is 1. The van der Waals surface area contributed by atoms with Crippen molar-refractivity contribution < 1.29 is 14.6 Å². The third-order valence-corrected chi connectivity index (χ3v) is 6.55. The van der Waals surface area contributed by atoms with Crippen molar-refractivity contribution in [3.8, 4) is 21.5 Å². The fourth-order valence-corrected chi connectivity index (χ4v) is 4.72. The standard InChI is InChI=1S/C22H26ClN5O3S.Li.H/c1-13(2)31-19-9-7-14(10-17(19)23)21-25-26-22(32-21)28-12-15-6-8-16(4-3-5-20(29)30)24-11-18(15)27-28;;/h7,9-10,12-13,16,24H,3-6,8,11H2,1-2H3,(H,29,30);;. The molecule has 3 heterocycles. The number of carbonyl (C=O) groups is 1. The molecule has 0 fully saturated rings. The third kappa shape index (κ3) is 6.58. The molecular weight excluding hydrogens is 457 g/mol. The van der Waals surface area contributed by atoms with E-state index in [1.807, 2.05) is 38.2 Å². The van der Waals surface area contributed by atoms with Gasteiger partial charge in [0, 0.05) is 30.8 Å². The molecule has 33 heavy (non-hydrogen) atoms. The van der Waals surface area contributed by atoms with E-state index in [1.54, 1.807) is 4.68 Å². The van der Waals surface area contributed by atoms with Crippen LogP contribution in [0.3, 0.4) is 0 Å². The number of fused-ring (bicyclic) bond motifs is 1. The number of nitrogens with zero attached hydrogens (tertiary/aromatic N) is 4. The van der Waals surface area contributed by atoms with Crippen LogP contribution in [0.2, 0.25) is 5.02 Å². The van der Waals surface area contributed by atoms with Gasteiger partial charge in [-0.2, -0.15) is 5.10 Å². The summed E-state index contributed by atoms with van der Waals surface area (Å²) < 4.78 is 7.48. The molecule has 1 aliphatic heterocycles. The van der Waals surface area contributed by atoms with Crippen molar-refractivity contribution in [3.63, 3.8) is 0 Å². The molecule has 2 N–H and O–H groups in total. The van der Waals surface area contributed by atoms with Crippen molar-refractivity contribution >= 4 is 47.8 Å². The summed E-state index contributed by atoms with van der Waals surface area (Å²) >= 11 is 7.82. The summed E-state index contributed by atoms with van der Waals surface area (Å²) in [7, 11) is 0. The van der Waals surface area contributed by atoms with Crippen LogP contribution in [-0.4, -0.2) is 62.1 Å². The zero-order chi connectivity index (χ0) is 22.7. The number of aliphatic carboxylic acids is 1. The Kier molecular flexibility index (Phi) is 8.96. The Hall–Kier alpha value is -1.89. The quantitative estimate of drug-likeness (QED) is 0.469. The molecule has 1 unspecified atom stereocenters. The average Bonchev–Trinajstić information content (AvgIpc) is 3.34. The van der Waals surface area contributed by atoms with Crippen LogP contribution in [0, 0.1) is 0 Å². The fourth-order valence-electron chi connectivity index (χ4n) is 3.73. The first-order valence-electron chi connectivity index (χ1n) is 10.7. The van der Waals surface area contributed by atoms with Gasteiger partial charge in [0.1, 0.15) is 10.8 Å². The molecular formula is C22H27ClLiN5O3S.